The molecule has 14 heavy (non-hydrogen) atoms. The second kappa shape index (κ2) is 4.60. The van der Waals surface area contributed by atoms with Crippen molar-refractivity contribution in [2.24, 2.45) is 11.8 Å². The highest BCUT2D eigenvalue weighted by Crippen LogP contribution is 2.48. The lowest BCUT2D eigenvalue weighted by Gasteiger charge is -2.25. The zero-order valence-electron chi connectivity index (χ0n) is 9.11. The van der Waals surface area contributed by atoms with Gasteiger partial charge in [0, 0.05) is 18.8 Å². The summed E-state index contributed by atoms with van der Waals surface area (Å²) in [7, 11) is -1.38. The van der Waals surface area contributed by atoms with Gasteiger partial charge in [-0.2, -0.15) is 0 Å². The van der Waals surface area contributed by atoms with Crippen LogP contribution < -0.4 is 0 Å². The summed E-state index contributed by atoms with van der Waals surface area (Å²) < 4.78 is 11.6. The van der Waals surface area contributed by atoms with Gasteiger partial charge in [-0.15, -0.1) is 0 Å². The summed E-state index contributed by atoms with van der Waals surface area (Å²) in [6.07, 6.45) is 7.44. The van der Waals surface area contributed by atoms with Crippen LogP contribution in [0.2, 0.25) is 5.54 Å². The van der Waals surface area contributed by atoms with Gasteiger partial charge in [0.2, 0.25) is 0 Å². The van der Waals surface area contributed by atoms with Gasteiger partial charge < -0.3 is 8.85 Å². The maximum absolute atomic E-state index is 5.80. The molecule has 3 atom stereocenters. The van der Waals surface area contributed by atoms with Gasteiger partial charge in [-0.25, -0.2) is 0 Å². The molecule has 2 aliphatic rings. The highest BCUT2D eigenvalue weighted by Gasteiger charge is 2.42. The fraction of sp³-hybridized carbons (Fsp3) is 0.818. The Hall–Kier alpha value is -0.123. The summed E-state index contributed by atoms with van der Waals surface area (Å²) in [6, 6.07) is 0. The first-order valence-electron chi connectivity index (χ1n) is 5.76. The van der Waals surface area contributed by atoms with Crippen LogP contribution in [0.4, 0.5) is 0 Å². The molecule has 3 unspecified atom stereocenters. The van der Waals surface area contributed by atoms with E-state index in [1.54, 1.807) is 0 Å². The number of fused-ring (bicyclic) bond motifs is 2. The maximum atomic E-state index is 5.80. The van der Waals surface area contributed by atoms with Gasteiger partial charge >= 0.3 is 9.28 Å². The van der Waals surface area contributed by atoms with Crippen LogP contribution in [-0.2, 0) is 8.85 Å². The normalized spacial score (nSPS) is 34.6. The van der Waals surface area contributed by atoms with Crippen molar-refractivity contribution in [1.82, 2.24) is 0 Å². The smallest absolute Gasteiger partial charge is 0.325 e. The highest BCUT2D eigenvalue weighted by atomic mass is 28.3. The molecule has 0 spiro atoms. The van der Waals surface area contributed by atoms with Crippen LogP contribution in [0.3, 0.4) is 0 Å². The number of rotatable bonds is 5. The molecule has 0 aromatic rings. The molecule has 0 amide bonds. The van der Waals surface area contributed by atoms with E-state index in [1.807, 2.05) is 0 Å². The average Bonchev–Trinajstić information content (AvgIpc) is 2.78. The van der Waals surface area contributed by atoms with Crippen molar-refractivity contribution < 1.29 is 8.85 Å². The molecule has 2 rings (SSSR count). The van der Waals surface area contributed by atoms with Crippen molar-refractivity contribution in [3.05, 3.63) is 12.2 Å². The first kappa shape index (κ1) is 10.4. The highest BCUT2D eigenvalue weighted by molar-refractivity contribution is 6.46. The van der Waals surface area contributed by atoms with Crippen molar-refractivity contribution in [3.63, 3.8) is 0 Å². The second-order valence-corrected chi connectivity index (χ2v) is 6.48. The third-order valence-corrected chi connectivity index (χ3v) is 6.13. The Balaban J connectivity index is 1.94. The Labute approximate surface area is 88.1 Å². The molecule has 0 saturated heterocycles. The fourth-order valence-corrected chi connectivity index (χ4v) is 5.27. The summed E-state index contributed by atoms with van der Waals surface area (Å²) in [4.78, 5) is 0. The molecule has 2 aliphatic carbocycles. The second-order valence-electron chi connectivity index (χ2n) is 4.22. The summed E-state index contributed by atoms with van der Waals surface area (Å²) >= 11 is 0. The molecule has 0 heterocycles. The molecule has 0 aromatic carbocycles. The monoisotopic (exact) mass is 212 g/mol. The van der Waals surface area contributed by atoms with Gasteiger partial charge in [0.15, 0.2) is 0 Å². The molecule has 0 aliphatic heterocycles. The fourth-order valence-electron chi connectivity index (χ4n) is 2.76. The molecule has 0 aromatic heterocycles. The lowest BCUT2D eigenvalue weighted by molar-refractivity contribution is 0.199. The predicted molar refractivity (Wildman–Crippen MR) is 59.5 cm³/mol. The van der Waals surface area contributed by atoms with E-state index in [0.29, 0.717) is 0 Å². The van der Waals surface area contributed by atoms with Crippen LogP contribution in [0.5, 0.6) is 0 Å². The van der Waals surface area contributed by atoms with E-state index in [-0.39, 0.29) is 0 Å². The Morgan fingerprint density at radius 1 is 1.14 bits per heavy atom. The first-order chi connectivity index (χ1) is 6.85. The van der Waals surface area contributed by atoms with Crippen LogP contribution in [-0.4, -0.2) is 22.5 Å². The van der Waals surface area contributed by atoms with E-state index in [4.69, 9.17) is 8.85 Å². The van der Waals surface area contributed by atoms with E-state index in [2.05, 4.69) is 26.0 Å². The molecule has 1 saturated carbocycles. The molecular weight excluding hydrogens is 192 g/mol. The van der Waals surface area contributed by atoms with E-state index in [0.717, 1.165) is 30.6 Å². The van der Waals surface area contributed by atoms with Crippen molar-refractivity contribution in [2.45, 2.75) is 32.2 Å². The third kappa shape index (κ3) is 1.95. The predicted octanol–water partition coefficient (Wildman–Crippen LogP) is 2.25. The van der Waals surface area contributed by atoms with Gasteiger partial charge in [0.1, 0.15) is 0 Å². The number of hydrogen-bond donors (Lipinski definition) is 0. The van der Waals surface area contributed by atoms with Crippen LogP contribution in [0.15, 0.2) is 12.2 Å². The third-order valence-electron chi connectivity index (χ3n) is 3.34. The van der Waals surface area contributed by atoms with Gasteiger partial charge in [-0.3, -0.25) is 0 Å². The van der Waals surface area contributed by atoms with Gasteiger partial charge in [0.05, 0.1) is 0 Å². The van der Waals surface area contributed by atoms with Gasteiger partial charge in [-0.05, 0) is 38.5 Å². The quantitative estimate of drug-likeness (QED) is 0.514. The number of hydrogen-bond acceptors (Lipinski definition) is 2. The Morgan fingerprint density at radius 2 is 1.86 bits per heavy atom. The molecule has 3 heteroatoms. The van der Waals surface area contributed by atoms with Gasteiger partial charge in [0.25, 0.3) is 0 Å². The molecule has 2 bridgehead atoms. The van der Waals surface area contributed by atoms with E-state index >= 15 is 0 Å². The largest absolute Gasteiger partial charge is 0.397 e. The van der Waals surface area contributed by atoms with Crippen LogP contribution in [0.25, 0.3) is 0 Å². The topological polar surface area (TPSA) is 18.5 Å². The lowest BCUT2D eigenvalue weighted by atomic mass is 10.1. The molecule has 80 valence electrons. The molecule has 2 nitrogen and oxygen atoms in total. The standard InChI is InChI=1S/C11H20O2Si/c1-3-12-14(13-4-2)11-8-9-5-6-10(11)7-9/h5-6,9-11,14H,3-4,7-8H2,1-2H3. The van der Waals surface area contributed by atoms with E-state index in [9.17, 15) is 0 Å². The molecule has 0 radical (unpaired) electrons. The van der Waals surface area contributed by atoms with E-state index < -0.39 is 9.28 Å². The Kier molecular flexibility index (Phi) is 3.41. The van der Waals surface area contributed by atoms with Crippen LogP contribution in [0, 0.1) is 11.8 Å². The lowest BCUT2D eigenvalue weighted by Crippen LogP contribution is -2.31. The first-order valence-corrected chi connectivity index (χ1v) is 7.37. The molecular formula is C11H20O2Si. The summed E-state index contributed by atoms with van der Waals surface area (Å²) in [5.74, 6) is 1.61. The van der Waals surface area contributed by atoms with Crippen molar-refractivity contribution >= 4 is 9.28 Å². The van der Waals surface area contributed by atoms with E-state index in [1.165, 1.54) is 12.8 Å². The minimum Gasteiger partial charge on any atom is -0.397 e. The Morgan fingerprint density at radius 3 is 2.29 bits per heavy atom. The van der Waals surface area contributed by atoms with Crippen LogP contribution in [0.1, 0.15) is 26.7 Å². The van der Waals surface area contributed by atoms with Gasteiger partial charge in [-0.1, -0.05) is 12.2 Å². The SMILES string of the molecule is CCO[SiH](OCC)C1CC2C=CC1C2. The Bertz CT molecular complexity index is 211. The maximum Gasteiger partial charge on any atom is 0.325 e. The van der Waals surface area contributed by atoms with Crippen molar-refractivity contribution in [2.75, 3.05) is 13.2 Å². The summed E-state index contributed by atoms with van der Waals surface area (Å²) in [5.41, 5.74) is 0.741. The van der Waals surface area contributed by atoms with Crippen molar-refractivity contribution in [3.8, 4) is 0 Å². The zero-order valence-corrected chi connectivity index (χ0v) is 10.3. The minimum absolute atomic E-state index is 0.741. The van der Waals surface area contributed by atoms with Crippen molar-refractivity contribution in [1.29, 1.82) is 0 Å². The molecule has 0 N–H and O–H groups in total. The number of allylic oxidation sites excluding steroid dienone is 2. The summed E-state index contributed by atoms with van der Waals surface area (Å²) in [5, 5.41) is 0. The van der Waals surface area contributed by atoms with Crippen LogP contribution >= 0.6 is 0 Å². The summed E-state index contributed by atoms with van der Waals surface area (Å²) in [6.45, 7) is 5.77. The average molecular weight is 212 g/mol. The molecule has 1 fully saturated rings. The zero-order chi connectivity index (χ0) is 9.97. The minimum atomic E-state index is -1.38.